The summed E-state index contributed by atoms with van der Waals surface area (Å²) < 4.78 is 0. The van der Waals surface area contributed by atoms with Crippen LogP contribution in [-0.4, -0.2) is 62.2 Å². The maximum Gasteiger partial charge on any atom is 0.240 e. The molecular formula is C28H29N5O2. The highest BCUT2D eigenvalue weighted by molar-refractivity contribution is 6.24. The molecule has 1 atom stereocenters. The van der Waals surface area contributed by atoms with E-state index in [1.807, 2.05) is 78.9 Å². The number of benzene rings is 3. The van der Waals surface area contributed by atoms with Crippen LogP contribution in [0.4, 0.5) is 17.1 Å². The number of fused-ring (bicyclic) bond motifs is 1. The number of piperazine rings is 1. The lowest BCUT2D eigenvalue weighted by atomic mass is 9.90. The van der Waals surface area contributed by atoms with Gasteiger partial charge in [-0.15, -0.1) is 0 Å². The first-order valence-electron chi connectivity index (χ1n) is 11.9. The summed E-state index contributed by atoms with van der Waals surface area (Å²) in [5, 5.41) is 6.29. The van der Waals surface area contributed by atoms with Gasteiger partial charge in [0.2, 0.25) is 11.8 Å². The van der Waals surface area contributed by atoms with E-state index >= 15 is 0 Å². The highest BCUT2D eigenvalue weighted by Gasteiger charge is 2.35. The first kappa shape index (κ1) is 23.0. The highest BCUT2D eigenvalue weighted by atomic mass is 16.2. The Morgan fingerprint density at radius 3 is 2.40 bits per heavy atom. The summed E-state index contributed by atoms with van der Waals surface area (Å²) in [5.41, 5.74) is 4.89. The van der Waals surface area contributed by atoms with Gasteiger partial charge in [-0.1, -0.05) is 48.5 Å². The molecular weight excluding hydrogens is 438 g/mol. The number of hydrogen-bond acceptors (Lipinski definition) is 5. The van der Waals surface area contributed by atoms with Crippen molar-refractivity contribution in [1.82, 2.24) is 10.2 Å². The second kappa shape index (κ2) is 10.2. The van der Waals surface area contributed by atoms with Gasteiger partial charge in [0, 0.05) is 44.6 Å². The van der Waals surface area contributed by atoms with Crippen LogP contribution in [0.3, 0.4) is 0 Å². The predicted octanol–water partition coefficient (Wildman–Crippen LogP) is 3.41. The second-order valence-corrected chi connectivity index (χ2v) is 8.87. The summed E-state index contributed by atoms with van der Waals surface area (Å²) in [6.07, 6.45) is 0. The SMILES string of the molecule is CN(C(=O)CN1CCNCC1)c1ccc(N=C(c2ccccc2)C2C(=O)Nc3ccccc32)cc1. The van der Waals surface area contributed by atoms with E-state index < -0.39 is 5.92 Å². The number of nitrogens with zero attached hydrogens (tertiary/aromatic N) is 3. The molecule has 1 saturated heterocycles. The molecule has 2 amide bonds. The molecule has 2 heterocycles. The van der Waals surface area contributed by atoms with Crippen molar-refractivity contribution >= 4 is 34.6 Å². The summed E-state index contributed by atoms with van der Waals surface area (Å²) in [7, 11) is 1.80. The molecule has 35 heavy (non-hydrogen) atoms. The lowest BCUT2D eigenvalue weighted by Crippen LogP contribution is -2.47. The van der Waals surface area contributed by atoms with Crippen molar-refractivity contribution in [3.05, 3.63) is 90.0 Å². The van der Waals surface area contributed by atoms with E-state index in [4.69, 9.17) is 4.99 Å². The number of carbonyl (C=O) groups is 2. The Kier molecular flexibility index (Phi) is 6.70. The minimum absolute atomic E-state index is 0.0624. The molecule has 0 saturated carbocycles. The van der Waals surface area contributed by atoms with Crippen molar-refractivity contribution in [2.45, 2.75) is 5.92 Å². The number of rotatable bonds is 6. The fourth-order valence-corrected chi connectivity index (χ4v) is 4.59. The van der Waals surface area contributed by atoms with E-state index in [1.165, 1.54) is 0 Å². The highest BCUT2D eigenvalue weighted by Crippen LogP contribution is 2.36. The van der Waals surface area contributed by atoms with Gasteiger partial charge in [-0.25, -0.2) is 0 Å². The van der Waals surface area contributed by atoms with E-state index in [2.05, 4.69) is 15.5 Å². The van der Waals surface area contributed by atoms with E-state index in [9.17, 15) is 9.59 Å². The summed E-state index contributed by atoms with van der Waals surface area (Å²) in [5.74, 6) is -0.507. The van der Waals surface area contributed by atoms with Gasteiger partial charge in [-0.3, -0.25) is 19.5 Å². The van der Waals surface area contributed by atoms with E-state index in [0.717, 1.165) is 54.4 Å². The third-order valence-corrected chi connectivity index (χ3v) is 6.56. The van der Waals surface area contributed by atoms with Gasteiger partial charge in [-0.05, 0) is 41.5 Å². The molecule has 2 aliphatic rings. The normalized spacial score (nSPS) is 18.1. The first-order valence-corrected chi connectivity index (χ1v) is 11.9. The van der Waals surface area contributed by atoms with Crippen molar-refractivity contribution < 1.29 is 9.59 Å². The van der Waals surface area contributed by atoms with Crippen LogP contribution in [-0.2, 0) is 9.59 Å². The Morgan fingerprint density at radius 1 is 0.971 bits per heavy atom. The van der Waals surface area contributed by atoms with Crippen LogP contribution in [0.2, 0.25) is 0 Å². The summed E-state index contributed by atoms with van der Waals surface area (Å²) in [6, 6.07) is 25.1. The Balaban J connectivity index is 1.41. The van der Waals surface area contributed by atoms with Crippen molar-refractivity contribution in [3.63, 3.8) is 0 Å². The molecule has 0 aliphatic carbocycles. The largest absolute Gasteiger partial charge is 0.325 e. The Hall–Kier alpha value is -3.81. The van der Waals surface area contributed by atoms with Gasteiger partial charge >= 0.3 is 0 Å². The number of likely N-dealkylation sites (N-methyl/N-ethyl adjacent to an activating group) is 1. The lowest BCUT2D eigenvalue weighted by molar-refractivity contribution is -0.119. The molecule has 0 radical (unpaired) electrons. The molecule has 7 heteroatoms. The average molecular weight is 468 g/mol. The Morgan fingerprint density at radius 2 is 1.66 bits per heavy atom. The molecule has 2 aliphatic heterocycles. The van der Waals surface area contributed by atoms with E-state index in [-0.39, 0.29) is 11.8 Å². The third-order valence-electron chi connectivity index (χ3n) is 6.56. The maximum absolute atomic E-state index is 13.0. The average Bonchev–Trinajstić information content (AvgIpc) is 3.23. The van der Waals surface area contributed by atoms with Crippen LogP contribution < -0.4 is 15.5 Å². The summed E-state index contributed by atoms with van der Waals surface area (Å²) in [6.45, 7) is 4.00. The second-order valence-electron chi connectivity index (χ2n) is 8.87. The van der Waals surface area contributed by atoms with Gasteiger partial charge < -0.3 is 15.5 Å². The van der Waals surface area contributed by atoms with Crippen molar-refractivity contribution in [2.75, 3.05) is 50.0 Å². The molecule has 0 aromatic heterocycles. The summed E-state index contributed by atoms with van der Waals surface area (Å²) >= 11 is 0. The number of amides is 2. The molecule has 1 fully saturated rings. The monoisotopic (exact) mass is 467 g/mol. The molecule has 0 spiro atoms. The van der Waals surface area contributed by atoms with Gasteiger partial charge in [0.25, 0.3) is 0 Å². The standard InChI is InChI=1S/C28H29N5O2/c1-32(25(34)19-33-17-15-29-16-18-33)22-13-11-21(12-14-22)30-27(20-7-3-2-4-8-20)26-23-9-5-6-10-24(23)31-28(26)35/h2-14,26,29H,15-19H2,1H3,(H,31,35). The molecule has 3 aromatic rings. The zero-order valence-corrected chi connectivity index (χ0v) is 19.8. The molecule has 2 N–H and O–H groups in total. The molecule has 7 nitrogen and oxygen atoms in total. The van der Waals surface area contributed by atoms with Crippen molar-refractivity contribution in [2.24, 2.45) is 4.99 Å². The molecule has 178 valence electrons. The molecule has 3 aromatic carbocycles. The zero-order valence-electron chi connectivity index (χ0n) is 19.8. The van der Waals surface area contributed by atoms with Gasteiger partial charge in [0.1, 0.15) is 5.92 Å². The van der Waals surface area contributed by atoms with E-state index in [0.29, 0.717) is 12.3 Å². The maximum atomic E-state index is 13.0. The van der Waals surface area contributed by atoms with Crippen molar-refractivity contribution in [1.29, 1.82) is 0 Å². The van der Waals surface area contributed by atoms with Gasteiger partial charge in [0.15, 0.2) is 0 Å². The molecule has 1 unspecified atom stereocenters. The van der Waals surface area contributed by atoms with Crippen LogP contribution in [0.5, 0.6) is 0 Å². The minimum atomic E-state index is -0.489. The minimum Gasteiger partial charge on any atom is -0.325 e. The van der Waals surface area contributed by atoms with Gasteiger partial charge in [-0.2, -0.15) is 0 Å². The van der Waals surface area contributed by atoms with Crippen LogP contribution in [0, 0.1) is 0 Å². The number of carbonyl (C=O) groups excluding carboxylic acids is 2. The molecule has 0 bridgehead atoms. The van der Waals surface area contributed by atoms with Crippen LogP contribution in [0.15, 0.2) is 83.9 Å². The summed E-state index contributed by atoms with van der Waals surface area (Å²) in [4.78, 5) is 34.5. The third kappa shape index (κ3) is 5.01. The molecule has 5 rings (SSSR count). The quantitative estimate of drug-likeness (QED) is 0.545. The predicted molar refractivity (Wildman–Crippen MR) is 140 cm³/mol. The van der Waals surface area contributed by atoms with Crippen LogP contribution in [0.25, 0.3) is 0 Å². The lowest BCUT2D eigenvalue weighted by Gasteiger charge is -2.28. The number of aliphatic imine (C=N–C) groups is 1. The first-order chi connectivity index (χ1) is 17.1. The number of nitrogens with one attached hydrogen (secondary N) is 2. The fourth-order valence-electron chi connectivity index (χ4n) is 4.59. The smallest absolute Gasteiger partial charge is 0.240 e. The Labute approximate surface area is 205 Å². The number of anilines is 2. The van der Waals surface area contributed by atoms with E-state index in [1.54, 1.807) is 11.9 Å². The van der Waals surface area contributed by atoms with Crippen LogP contribution in [0.1, 0.15) is 17.0 Å². The fraction of sp³-hybridized carbons (Fsp3) is 0.250. The van der Waals surface area contributed by atoms with Crippen molar-refractivity contribution in [3.8, 4) is 0 Å². The number of hydrogen-bond donors (Lipinski definition) is 2. The Bertz CT molecular complexity index is 1230. The van der Waals surface area contributed by atoms with Crippen LogP contribution >= 0.6 is 0 Å². The number of para-hydroxylation sites is 1. The topological polar surface area (TPSA) is 77.0 Å². The van der Waals surface area contributed by atoms with Gasteiger partial charge in [0.05, 0.1) is 17.9 Å². The zero-order chi connectivity index (χ0) is 24.2.